The van der Waals surface area contributed by atoms with E-state index in [0.717, 1.165) is 12.8 Å². The van der Waals surface area contributed by atoms with E-state index >= 15 is 0 Å². The van der Waals surface area contributed by atoms with Crippen LogP contribution in [0.4, 0.5) is 0 Å². The van der Waals surface area contributed by atoms with E-state index in [4.69, 9.17) is 11.5 Å². The molecule has 9 heteroatoms. The van der Waals surface area contributed by atoms with Gasteiger partial charge < -0.3 is 21.5 Å². The molecule has 0 aliphatic heterocycles. The molecule has 0 aliphatic rings. The van der Waals surface area contributed by atoms with Crippen molar-refractivity contribution in [1.29, 1.82) is 0 Å². The highest BCUT2D eigenvalue weighted by atomic mass is 16.4. The molecule has 1 unspecified atom stereocenters. The maximum atomic E-state index is 12.3. The van der Waals surface area contributed by atoms with Gasteiger partial charge in [0.15, 0.2) is 17.0 Å². The first kappa shape index (κ1) is 21.2. The van der Waals surface area contributed by atoms with Crippen LogP contribution in [-0.4, -0.2) is 43.9 Å². The summed E-state index contributed by atoms with van der Waals surface area (Å²) in [5.41, 5.74) is 10.8. The van der Waals surface area contributed by atoms with E-state index in [-0.39, 0.29) is 6.42 Å². The highest BCUT2D eigenvalue weighted by molar-refractivity contribution is 6.50. The van der Waals surface area contributed by atoms with E-state index < -0.39 is 24.5 Å². The van der Waals surface area contributed by atoms with Crippen molar-refractivity contribution in [2.75, 3.05) is 0 Å². The van der Waals surface area contributed by atoms with Gasteiger partial charge >= 0.3 is 7.12 Å². The van der Waals surface area contributed by atoms with Crippen molar-refractivity contribution in [3.63, 3.8) is 0 Å². The van der Waals surface area contributed by atoms with Crippen LogP contribution >= 0.6 is 0 Å². The number of hydrogen-bond acceptors (Lipinski definition) is 7. The average Bonchev–Trinajstić information content (AvgIpc) is 3.08. The molecular formula is C18H28BN5O3. The Bertz CT molecular complexity index is 723. The predicted octanol–water partition coefficient (Wildman–Crippen LogP) is 0.164. The molecule has 0 radical (unpaired) electrons. The zero-order valence-corrected chi connectivity index (χ0v) is 15.7. The number of Topliss-reactive ketones (excluding diaryl/α,β-unsaturated/α-hetero) is 1. The molecule has 1 heterocycles. The van der Waals surface area contributed by atoms with E-state index in [0.29, 0.717) is 25.1 Å². The summed E-state index contributed by atoms with van der Waals surface area (Å²) in [5, 5.41) is 24.3. The van der Waals surface area contributed by atoms with E-state index in [1.54, 1.807) is 0 Å². The first-order chi connectivity index (χ1) is 12.9. The second-order valence-electron chi connectivity index (χ2n) is 6.85. The lowest BCUT2D eigenvalue weighted by atomic mass is 9.60. The zero-order valence-electron chi connectivity index (χ0n) is 15.7. The van der Waals surface area contributed by atoms with Gasteiger partial charge in [0, 0.05) is 6.42 Å². The number of carbonyl (C=O) groups excluding carboxylic acids is 1. The van der Waals surface area contributed by atoms with Gasteiger partial charge in [-0.3, -0.25) is 4.79 Å². The molecule has 146 valence electrons. The molecule has 0 saturated heterocycles. The number of aromatic nitrogens is 3. The molecule has 6 N–H and O–H groups in total. The van der Waals surface area contributed by atoms with Crippen molar-refractivity contribution in [2.24, 2.45) is 11.5 Å². The van der Waals surface area contributed by atoms with Crippen molar-refractivity contribution < 1.29 is 14.8 Å². The second kappa shape index (κ2) is 9.75. The number of hydrogen-bond donors (Lipinski definition) is 4. The minimum atomic E-state index is -1.90. The van der Waals surface area contributed by atoms with Gasteiger partial charge in [-0.2, -0.15) is 5.10 Å². The standard InChI is InChI=1S/C18H28BN5O3/c1-14(25)18(19(26)27,12-6-10-16(20)21)24-13-22-17(23-24)11-5-9-15-7-3-2-4-8-15/h2-4,7-8,13,16,26-27H,5-6,9-12,20-21H2,1H3. The van der Waals surface area contributed by atoms with E-state index in [9.17, 15) is 14.8 Å². The number of nitrogens with two attached hydrogens (primary N) is 2. The van der Waals surface area contributed by atoms with Crippen molar-refractivity contribution in [1.82, 2.24) is 14.8 Å². The van der Waals surface area contributed by atoms with Gasteiger partial charge in [0.2, 0.25) is 0 Å². The summed E-state index contributed by atoms with van der Waals surface area (Å²) >= 11 is 0. The SMILES string of the molecule is CC(=O)C(CCCC(N)N)(B(O)O)n1cnc(CCCc2ccccc2)n1. The predicted molar refractivity (Wildman–Crippen MR) is 103 cm³/mol. The largest absolute Gasteiger partial charge is 0.489 e. The van der Waals surface area contributed by atoms with Gasteiger partial charge in [-0.05, 0) is 44.6 Å². The summed E-state index contributed by atoms with van der Waals surface area (Å²) in [5.74, 6) is 0.163. The fourth-order valence-electron chi connectivity index (χ4n) is 3.19. The lowest BCUT2D eigenvalue weighted by molar-refractivity contribution is -0.123. The Hall–Kier alpha value is -2.07. The van der Waals surface area contributed by atoms with Crippen LogP contribution in [0.25, 0.3) is 0 Å². The molecule has 1 atom stereocenters. The molecule has 8 nitrogen and oxygen atoms in total. The first-order valence-corrected chi connectivity index (χ1v) is 9.19. The smallest absolute Gasteiger partial charge is 0.425 e. The topological polar surface area (TPSA) is 140 Å². The van der Waals surface area contributed by atoms with Gasteiger partial charge in [-0.1, -0.05) is 30.3 Å². The Balaban J connectivity index is 2.08. The maximum Gasteiger partial charge on any atom is 0.489 e. The monoisotopic (exact) mass is 373 g/mol. The Kier molecular flexibility index (Phi) is 7.67. The number of aryl methyl sites for hydroxylation is 2. The van der Waals surface area contributed by atoms with Gasteiger partial charge in [0.25, 0.3) is 0 Å². The summed E-state index contributed by atoms with van der Waals surface area (Å²) < 4.78 is 1.28. The Morgan fingerprint density at radius 1 is 1.22 bits per heavy atom. The van der Waals surface area contributed by atoms with Crippen LogP contribution in [0.1, 0.15) is 44.0 Å². The molecule has 1 aromatic carbocycles. The van der Waals surface area contributed by atoms with Crippen LogP contribution in [0.15, 0.2) is 36.7 Å². The van der Waals surface area contributed by atoms with E-state index in [1.165, 1.54) is 23.5 Å². The third kappa shape index (κ3) is 5.46. The average molecular weight is 373 g/mol. The molecule has 0 aliphatic carbocycles. The van der Waals surface area contributed by atoms with E-state index in [1.807, 2.05) is 18.2 Å². The fourth-order valence-corrected chi connectivity index (χ4v) is 3.19. The van der Waals surface area contributed by atoms with Crippen LogP contribution in [0.2, 0.25) is 0 Å². The lowest BCUT2D eigenvalue weighted by Gasteiger charge is -2.30. The first-order valence-electron chi connectivity index (χ1n) is 9.19. The Labute approximate surface area is 159 Å². The molecule has 0 spiro atoms. The van der Waals surface area contributed by atoms with Gasteiger partial charge in [-0.15, -0.1) is 0 Å². The van der Waals surface area contributed by atoms with Gasteiger partial charge in [-0.25, -0.2) is 9.67 Å². The number of rotatable bonds is 11. The molecule has 2 aromatic rings. The van der Waals surface area contributed by atoms with Crippen molar-refractivity contribution in [3.8, 4) is 0 Å². The van der Waals surface area contributed by atoms with E-state index in [2.05, 4.69) is 22.2 Å². The maximum absolute atomic E-state index is 12.3. The van der Waals surface area contributed by atoms with Crippen molar-refractivity contribution >= 4 is 12.9 Å². The highest BCUT2D eigenvalue weighted by Gasteiger charge is 2.49. The number of benzene rings is 1. The zero-order chi connectivity index (χ0) is 19.9. The van der Waals surface area contributed by atoms with Crippen LogP contribution < -0.4 is 11.5 Å². The minimum Gasteiger partial charge on any atom is -0.425 e. The van der Waals surface area contributed by atoms with Crippen LogP contribution in [0, 0.1) is 0 Å². The number of carbonyl (C=O) groups is 1. The van der Waals surface area contributed by atoms with Crippen LogP contribution in [0.3, 0.4) is 0 Å². The quantitative estimate of drug-likeness (QED) is 0.325. The molecule has 27 heavy (non-hydrogen) atoms. The van der Waals surface area contributed by atoms with Gasteiger partial charge in [0.05, 0.1) is 6.17 Å². The fraction of sp³-hybridized carbons (Fsp3) is 0.500. The highest BCUT2D eigenvalue weighted by Crippen LogP contribution is 2.26. The summed E-state index contributed by atoms with van der Waals surface area (Å²) in [6.45, 7) is 1.32. The third-order valence-electron chi connectivity index (χ3n) is 4.79. The normalized spacial score (nSPS) is 13.6. The molecule has 0 bridgehead atoms. The van der Waals surface area contributed by atoms with Crippen molar-refractivity contribution in [3.05, 3.63) is 48.0 Å². The molecule has 0 saturated carbocycles. The third-order valence-corrected chi connectivity index (χ3v) is 4.79. The van der Waals surface area contributed by atoms with Crippen molar-refractivity contribution in [2.45, 2.75) is 57.1 Å². The summed E-state index contributed by atoms with van der Waals surface area (Å²) in [6, 6.07) is 10.1. The Morgan fingerprint density at radius 3 is 2.52 bits per heavy atom. The summed E-state index contributed by atoms with van der Waals surface area (Å²) in [4.78, 5) is 16.6. The lowest BCUT2D eigenvalue weighted by Crippen LogP contribution is -2.54. The molecule has 0 fully saturated rings. The summed E-state index contributed by atoms with van der Waals surface area (Å²) in [7, 11) is -1.90. The van der Waals surface area contributed by atoms with Gasteiger partial charge in [0.1, 0.15) is 6.33 Å². The van der Waals surface area contributed by atoms with Crippen LogP contribution in [0.5, 0.6) is 0 Å². The minimum absolute atomic E-state index is 0.164. The summed E-state index contributed by atoms with van der Waals surface area (Å²) in [6.07, 6.45) is 4.33. The number of nitrogens with zero attached hydrogens (tertiary/aromatic N) is 3. The second-order valence-corrected chi connectivity index (χ2v) is 6.85. The van der Waals surface area contributed by atoms with Crippen LogP contribution in [-0.2, 0) is 23.1 Å². The molecular weight excluding hydrogens is 345 g/mol. The Morgan fingerprint density at radius 2 is 1.93 bits per heavy atom. The molecule has 0 amide bonds. The molecule has 2 rings (SSSR count). The molecule has 1 aromatic heterocycles. The number of ketones is 1.